The Kier molecular flexibility index (Phi) is 7.78. The van der Waals surface area contributed by atoms with Gasteiger partial charge in [0.1, 0.15) is 24.6 Å². The Morgan fingerprint density at radius 2 is 1.96 bits per heavy atom. The fourth-order valence-electron chi connectivity index (χ4n) is 2.40. The van der Waals surface area contributed by atoms with Gasteiger partial charge in [0.2, 0.25) is 0 Å². The number of benzene rings is 1. The second-order valence-corrected chi connectivity index (χ2v) is 6.49. The molecule has 0 atom stereocenters. The zero-order valence-corrected chi connectivity index (χ0v) is 17.4. The van der Waals surface area contributed by atoms with E-state index in [4.69, 9.17) is 32.9 Å². The maximum Gasteiger partial charge on any atom is 0.273 e. The molecule has 1 aromatic carbocycles. The molecule has 2 aromatic rings. The van der Waals surface area contributed by atoms with Crippen molar-refractivity contribution in [3.8, 4) is 0 Å². The van der Waals surface area contributed by atoms with Crippen molar-refractivity contribution < 1.29 is 14.5 Å². The minimum atomic E-state index is -0.367. The summed E-state index contributed by atoms with van der Waals surface area (Å²) in [5, 5.41) is 11.1. The van der Waals surface area contributed by atoms with Crippen LogP contribution in [0.2, 0.25) is 10.2 Å². The van der Waals surface area contributed by atoms with Crippen LogP contribution in [0.15, 0.2) is 40.6 Å². The van der Waals surface area contributed by atoms with E-state index in [1.807, 2.05) is 19.1 Å². The number of aromatic nitrogens is 1. The van der Waals surface area contributed by atoms with Crippen LogP contribution >= 0.6 is 23.2 Å². The number of pyridine rings is 1. The SMILES string of the molecule is CNC(=O)/C(=N/OC)c1cccc(C)c1CO/N=C(\C)c1ccc(Cl)c(Cl)n1. The second-order valence-electron chi connectivity index (χ2n) is 5.72. The average Bonchev–Trinajstić information content (AvgIpc) is 2.68. The predicted octanol–water partition coefficient (Wildman–Crippen LogP) is 3.73. The van der Waals surface area contributed by atoms with Crippen molar-refractivity contribution in [1.29, 1.82) is 0 Å². The minimum absolute atomic E-state index is 0.125. The fourth-order valence-corrected chi connectivity index (χ4v) is 2.66. The van der Waals surface area contributed by atoms with Gasteiger partial charge in [0, 0.05) is 18.2 Å². The predicted molar refractivity (Wildman–Crippen MR) is 110 cm³/mol. The van der Waals surface area contributed by atoms with Crippen molar-refractivity contribution in [1.82, 2.24) is 10.3 Å². The molecule has 1 N–H and O–H groups in total. The second kappa shape index (κ2) is 10.1. The van der Waals surface area contributed by atoms with E-state index in [9.17, 15) is 4.79 Å². The summed E-state index contributed by atoms with van der Waals surface area (Å²) >= 11 is 11.8. The van der Waals surface area contributed by atoms with Gasteiger partial charge < -0.3 is 15.0 Å². The zero-order chi connectivity index (χ0) is 20.7. The summed E-state index contributed by atoms with van der Waals surface area (Å²) in [4.78, 5) is 26.7. The molecular weight excluding hydrogens is 403 g/mol. The van der Waals surface area contributed by atoms with Crippen LogP contribution in [0.3, 0.4) is 0 Å². The van der Waals surface area contributed by atoms with E-state index in [1.165, 1.54) is 14.2 Å². The van der Waals surface area contributed by atoms with E-state index in [1.54, 1.807) is 25.1 Å². The first-order valence-electron chi connectivity index (χ1n) is 8.30. The molecule has 1 heterocycles. The average molecular weight is 423 g/mol. The highest BCUT2D eigenvalue weighted by molar-refractivity contribution is 6.45. The molecule has 0 saturated carbocycles. The van der Waals surface area contributed by atoms with Crippen LogP contribution in [-0.4, -0.2) is 36.5 Å². The molecule has 148 valence electrons. The number of amides is 1. The highest BCUT2D eigenvalue weighted by Crippen LogP contribution is 2.20. The van der Waals surface area contributed by atoms with Crippen molar-refractivity contribution >= 4 is 40.5 Å². The largest absolute Gasteiger partial charge is 0.398 e. The first-order chi connectivity index (χ1) is 13.4. The van der Waals surface area contributed by atoms with Crippen molar-refractivity contribution in [3.63, 3.8) is 0 Å². The molecule has 0 aliphatic carbocycles. The lowest BCUT2D eigenvalue weighted by Crippen LogP contribution is -2.29. The van der Waals surface area contributed by atoms with Gasteiger partial charge in [-0.1, -0.05) is 51.7 Å². The van der Waals surface area contributed by atoms with E-state index in [0.717, 1.165) is 11.1 Å². The number of likely N-dealkylation sites (N-methyl/N-ethyl adjacent to an activating group) is 1. The normalized spacial score (nSPS) is 11.9. The molecule has 0 bridgehead atoms. The molecule has 28 heavy (non-hydrogen) atoms. The summed E-state index contributed by atoms with van der Waals surface area (Å²) in [5.74, 6) is -0.367. The van der Waals surface area contributed by atoms with Crippen molar-refractivity contribution in [3.05, 3.63) is 62.9 Å². The Balaban J connectivity index is 2.27. The molecule has 2 rings (SSSR count). The topological polar surface area (TPSA) is 85.2 Å². The van der Waals surface area contributed by atoms with E-state index >= 15 is 0 Å². The van der Waals surface area contributed by atoms with Crippen molar-refractivity contribution in [2.24, 2.45) is 10.3 Å². The number of hydrogen-bond acceptors (Lipinski definition) is 6. The number of carbonyl (C=O) groups excluding carboxylic acids is 1. The summed E-state index contributed by atoms with van der Waals surface area (Å²) in [6.07, 6.45) is 0. The molecule has 0 saturated heterocycles. The molecule has 0 aliphatic heterocycles. The van der Waals surface area contributed by atoms with Gasteiger partial charge in [0.05, 0.1) is 10.7 Å². The Labute approximate surface area is 173 Å². The number of carbonyl (C=O) groups is 1. The fraction of sp³-hybridized carbons (Fsp3) is 0.263. The monoisotopic (exact) mass is 422 g/mol. The van der Waals surface area contributed by atoms with E-state index in [2.05, 4.69) is 20.6 Å². The Morgan fingerprint density at radius 3 is 2.61 bits per heavy atom. The summed E-state index contributed by atoms with van der Waals surface area (Å²) < 4.78 is 0. The van der Waals surface area contributed by atoms with Crippen LogP contribution in [0.1, 0.15) is 29.3 Å². The molecule has 0 fully saturated rings. The molecule has 0 radical (unpaired) electrons. The molecule has 1 amide bonds. The number of nitrogens with one attached hydrogen (secondary N) is 1. The van der Waals surface area contributed by atoms with Crippen LogP contribution in [-0.2, 0) is 21.1 Å². The first-order valence-corrected chi connectivity index (χ1v) is 9.05. The molecular formula is C19H20Cl2N4O3. The van der Waals surface area contributed by atoms with Gasteiger partial charge in [-0.2, -0.15) is 0 Å². The number of oxime groups is 2. The van der Waals surface area contributed by atoms with Gasteiger partial charge in [0.25, 0.3) is 5.91 Å². The Morgan fingerprint density at radius 1 is 1.21 bits per heavy atom. The Bertz CT molecular complexity index is 929. The molecule has 0 spiro atoms. The number of aryl methyl sites for hydroxylation is 1. The summed E-state index contributed by atoms with van der Waals surface area (Å²) in [5.41, 5.74) is 3.52. The summed E-state index contributed by atoms with van der Waals surface area (Å²) in [6, 6.07) is 8.85. The van der Waals surface area contributed by atoms with Gasteiger partial charge in [-0.05, 0) is 31.5 Å². The van der Waals surface area contributed by atoms with Crippen LogP contribution in [0, 0.1) is 6.92 Å². The maximum atomic E-state index is 12.2. The Hall–Kier alpha value is -2.64. The summed E-state index contributed by atoms with van der Waals surface area (Å²) in [6.45, 7) is 3.78. The van der Waals surface area contributed by atoms with Gasteiger partial charge >= 0.3 is 0 Å². The quantitative estimate of drug-likeness (QED) is 0.418. The van der Waals surface area contributed by atoms with Gasteiger partial charge in [-0.15, -0.1) is 0 Å². The van der Waals surface area contributed by atoms with E-state index < -0.39 is 0 Å². The van der Waals surface area contributed by atoms with Crippen molar-refractivity contribution in [2.45, 2.75) is 20.5 Å². The third-order valence-corrected chi connectivity index (χ3v) is 4.56. The number of rotatable bonds is 7. The lowest BCUT2D eigenvalue weighted by atomic mass is 9.98. The van der Waals surface area contributed by atoms with E-state index in [-0.39, 0.29) is 23.4 Å². The number of halogens is 2. The van der Waals surface area contributed by atoms with Gasteiger partial charge in [-0.3, -0.25) is 4.79 Å². The third kappa shape index (κ3) is 5.21. The third-order valence-electron chi connectivity index (χ3n) is 3.87. The van der Waals surface area contributed by atoms with Gasteiger partial charge in [-0.25, -0.2) is 4.98 Å². The van der Waals surface area contributed by atoms with E-state index in [0.29, 0.717) is 22.0 Å². The maximum absolute atomic E-state index is 12.2. The molecule has 0 aliphatic rings. The first kappa shape index (κ1) is 21.7. The minimum Gasteiger partial charge on any atom is -0.398 e. The standard InChI is InChI=1S/C19H20Cl2N4O3/c1-11-6-5-7-13(17(25-27-4)19(26)22-3)14(11)10-28-24-12(2)16-9-8-15(20)18(21)23-16/h5-9H,10H2,1-4H3,(H,22,26)/b24-12+,25-17+. The van der Waals surface area contributed by atoms with Crippen molar-refractivity contribution in [2.75, 3.05) is 14.2 Å². The smallest absolute Gasteiger partial charge is 0.273 e. The lowest BCUT2D eigenvalue weighted by molar-refractivity contribution is -0.114. The highest BCUT2D eigenvalue weighted by atomic mass is 35.5. The van der Waals surface area contributed by atoms with Gasteiger partial charge in [0.15, 0.2) is 5.71 Å². The molecule has 1 aromatic heterocycles. The number of hydrogen-bond donors (Lipinski definition) is 1. The highest BCUT2D eigenvalue weighted by Gasteiger charge is 2.19. The van der Waals surface area contributed by atoms with Crippen LogP contribution in [0.25, 0.3) is 0 Å². The summed E-state index contributed by atoms with van der Waals surface area (Å²) in [7, 11) is 2.91. The zero-order valence-electron chi connectivity index (χ0n) is 15.9. The van der Waals surface area contributed by atoms with Crippen LogP contribution in [0.5, 0.6) is 0 Å². The molecule has 7 nitrogen and oxygen atoms in total. The van der Waals surface area contributed by atoms with Crippen LogP contribution < -0.4 is 5.32 Å². The number of nitrogens with zero attached hydrogens (tertiary/aromatic N) is 3. The molecule has 0 unspecified atom stereocenters. The lowest BCUT2D eigenvalue weighted by Gasteiger charge is -2.13. The molecule has 9 heteroatoms. The van der Waals surface area contributed by atoms with Crippen LogP contribution in [0.4, 0.5) is 0 Å².